The highest BCUT2D eigenvalue weighted by molar-refractivity contribution is 6.11. The van der Waals surface area contributed by atoms with Crippen molar-refractivity contribution in [3.8, 4) is 11.1 Å². The number of ketones is 1. The van der Waals surface area contributed by atoms with E-state index in [2.05, 4.69) is 20.5 Å². The van der Waals surface area contributed by atoms with Crippen LogP contribution < -0.4 is 5.32 Å². The highest BCUT2D eigenvalue weighted by Gasteiger charge is 2.50. The minimum Gasteiger partial charge on any atom is -0.351 e. The Morgan fingerprint density at radius 3 is 2.76 bits per heavy atom. The number of hydrogen-bond acceptors (Lipinski definition) is 5. The lowest BCUT2D eigenvalue weighted by molar-refractivity contribution is -0.124. The fourth-order valence-electron chi connectivity index (χ4n) is 6.44. The van der Waals surface area contributed by atoms with Crippen molar-refractivity contribution in [1.29, 1.82) is 0 Å². The molecule has 3 aliphatic rings. The second-order valence-corrected chi connectivity index (χ2v) is 10.7. The number of pyridine rings is 1. The highest BCUT2D eigenvalue weighted by Crippen LogP contribution is 2.53. The summed E-state index contributed by atoms with van der Waals surface area (Å²) in [6.45, 7) is 2.34. The first-order valence-corrected chi connectivity index (χ1v) is 13.3. The Balaban J connectivity index is 1.36. The second-order valence-electron chi connectivity index (χ2n) is 10.7. The zero-order valence-electron chi connectivity index (χ0n) is 21.3. The van der Waals surface area contributed by atoms with Gasteiger partial charge >= 0.3 is 0 Å². The third-order valence-electron chi connectivity index (χ3n) is 8.18. The summed E-state index contributed by atoms with van der Waals surface area (Å²) in [7, 11) is 0. The number of halogens is 1. The third-order valence-corrected chi connectivity index (χ3v) is 8.18. The number of carbonyl (C=O) groups excluding carboxylic acids is 2. The molecule has 0 radical (unpaired) electrons. The highest BCUT2D eigenvalue weighted by atomic mass is 19.1. The largest absolute Gasteiger partial charge is 0.351 e. The van der Waals surface area contributed by atoms with E-state index >= 15 is 0 Å². The van der Waals surface area contributed by atoms with Crippen molar-refractivity contribution in [2.45, 2.75) is 51.4 Å². The summed E-state index contributed by atoms with van der Waals surface area (Å²) in [5.41, 5.74) is 4.18. The monoisotopic (exact) mass is 511 g/mol. The molecule has 2 fully saturated rings. The van der Waals surface area contributed by atoms with Crippen LogP contribution in [0.2, 0.25) is 0 Å². The van der Waals surface area contributed by atoms with Crippen molar-refractivity contribution in [3.05, 3.63) is 71.4 Å². The van der Waals surface area contributed by atoms with Crippen LogP contribution in [-0.2, 0) is 4.79 Å². The van der Waals surface area contributed by atoms with Crippen LogP contribution in [0.15, 0.2) is 53.7 Å². The molecule has 2 atom stereocenters. The average Bonchev–Trinajstić information content (AvgIpc) is 3.54. The number of Topliss-reactive ketones (excluding diaryl/α,β-unsaturated/α-hetero) is 1. The Morgan fingerprint density at radius 1 is 1.18 bits per heavy atom. The van der Waals surface area contributed by atoms with Gasteiger partial charge in [-0.3, -0.25) is 19.7 Å². The summed E-state index contributed by atoms with van der Waals surface area (Å²) in [6, 6.07) is 10.2. The van der Waals surface area contributed by atoms with Gasteiger partial charge in [-0.2, -0.15) is 5.10 Å². The maximum absolute atomic E-state index is 13.7. The Morgan fingerprint density at radius 2 is 2.03 bits per heavy atom. The summed E-state index contributed by atoms with van der Waals surface area (Å²) in [5.74, 6) is -0.658. The Bertz CT molecular complexity index is 1450. The van der Waals surface area contributed by atoms with E-state index in [0.29, 0.717) is 35.7 Å². The average molecular weight is 512 g/mol. The number of amides is 1. The number of aromatic nitrogens is 3. The van der Waals surface area contributed by atoms with Crippen LogP contribution in [0.25, 0.3) is 17.2 Å². The Labute approximate surface area is 220 Å². The lowest BCUT2D eigenvalue weighted by Crippen LogP contribution is -2.43. The molecule has 2 aromatic heterocycles. The topological polar surface area (TPSA) is 100 Å². The lowest BCUT2D eigenvalue weighted by atomic mass is 9.63. The molecule has 194 valence electrons. The molecule has 2 unspecified atom stereocenters. The number of allylic oxidation sites excluding steroid dienone is 1. The van der Waals surface area contributed by atoms with Gasteiger partial charge in [-0.25, -0.2) is 9.38 Å². The Hall–Kier alpha value is -3.94. The standard InChI is InChI=1S/C30H30FN5O2/c1-2-32-29(38)27-26-22(11-10-21-9-8-19(17-33-21)18-6-5-7-20(31)14-18)25-23(34-28(26)36-35-27)15-30(16-24(25)37)12-3-4-13-30/h5-11,14,17,22,25H,2-4,12-13,15-16H2,1H3,(H,32,38)(H,35,36)/b11-10+. The number of H-pyrrole nitrogens is 1. The molecular formula is C30H30FN5O2. The van der Waals surface area contributed by atoms with Gasteiger partial charge < -0.3 is 5.32 Å². The van der Waals surface area contributed by atoms with Crippen LogP contribution in [0.4, 0.5) is 10.2 Å². The molecule has 38 heavy (non-hydrogen) atoms. The van der Waals surface area contributed by atoms with Crippen LogP contribution in [-0.4, -0.2) is 39.1 Å². The molecule has 0 saturated heterocycles. The number of rotatable bonds is 5. The van der Waals surface area contributed by atoms with Crippen molar-refractivity contribution in [2.75, 3.05) is 6.54 Å². The van der Waals surface area contributed by atoms with Crippen molar-refractivity contribution >= 4 is 29.3 Å². The van der Waals surface area contributed by atoms with Crippen molar-refractivity contribution in [2.24, 2.45) is 16.3 Å². The molecule has 1 spiro atoms. The fourth-order valence-corrected chi connectivity index (χ4v) is 6.44. The predicted molar refractivity (Wildman–Crippen MR) is 144 cm³/mol. The molecule has 3 aromatic rings. The van der Waals surface area contributed by atoms with E-state index in [-0.39, 0.29) is 28.8 Å². The summed E-state index contributed by atoms with van der Waals surface area (Å²) in [6.07, 6.45) is 11.3. The summed E-state index contributed by atoms with van der Waals surface area (Å²) in [5, 5.41) is 10.1. The van der Waals surface area contributed by atoms with Crippen LogP contribution >= 0.6 is 0 Å². The molecular weight excluding hydrogens is 481 g/mol. The molecule has 3 heterocycles. The van der Waals surface area contributed by atoms with Gasteiger partial charge in [0.25, 0.3) is 5.91 Å². The van der Waals surface area contributed by atoms with Gasteiger partial charge in [-0.1, -0.05) is 37.1 Å². The smallest absolute Gasteiger partial charge is 0.269 e. The number of aromatic amines is 1. The zero-order chi connectivity index (χ0) is 26.3. The summed E-state index contributed by atoms with van der Waals surface area (Å²) >= 11 is 0. The first-order chi connectivity index (χ1) is 18.5. The normalized spacial score (nSPS) is 21.8. The molecule has 2 N–H and O–H groups in total. The van der Waals surface area contributed by atoms with Gasteiger partial charge in [0.2, 0.25) is 0 Å². The number of benzene rings is 1. The molecule has 8 heteroatoms. The van der Waals surface area contributed by atoms with Gasteiger partial charge in [0.05, 0.1) is 11.6 Å². The molecule has 2 saturated carbocycles. The van der Waals surface area contributed by atoms with Gasteiger partial charge in [0, 0.05) is 41.9 Å². The predicted octanol–water partition coefficient (Wildman–Crippen LogP) is 5.78. The number of carbonyl (C=O) groups is 2. The van der Waals surface area contributed by atoms with Crippen molar-refractivity contribution in [1.82, 2.24) is 20.5 Å². The van der Waals surface area contributed by atoms with Crippen LogP contribution in [0.1, 0.15) is 73.1 Å². The molecule has 0 bridgehead atoms. The quantitative estimate of drug-likeness (QED) is 0.453. The van der Waals surface area contributed by atoms with Crippen LogP contribution in [0.3, 0.4) is 0 Å². The van der Waals surface area contributed by atoms with Crippen molar-refractivity contribution < 1.29 is 14.0 Å². The van der Waals surface area contributed by atoms with E-state index in [4.69, 9.17) is 4.99 Å². The maximum Gasteiger partial charge on any atom is 0.269 e. The fraction of sp³-hybridized carbons (Fsp3) is 0.367. The molecule has 1 aliphatic heterocycles. The van der Waals surface area contributed by atoms with E-state index in [0.717, 1.165) is 48.9 Å². The van der Waals surface area contributed by atoms with E-state index in [1.54, 1.807) is 12.3 Å². The number of fused-ring (bicyclic) bond motifs is 2. The van der Waals surface area contributed by atoms with Crippen LogP contribution in [0.5, 0.6) is 0 Å². The van der Waals surface area contributed by atoms with Gasteiger partial charge in [0.15, 0.2) is 5.82 Å². The second kappa shape index (κ2) is 9.74. The summed E-state index contributed by atoms with van der Waals surface area (Å²) < 4.78 is 13.7. The zero-order valence-corrected chi connectivity index (χ0v) is 21.3. The minimum atomic E-state index is -0.415. The number of nitrogens with zero attached hydrogens (tertiary/aromatic N) is 3. The third kappa shape index (κ3) is 4.38. The molecule has 6 rings (SSSR count). The molecule has 2 aliphatic carbocycles. The van der Waals surface area contributed by atoms with E-state index in [9.17, 15) is 14.0 Å². The maximum atomic E-state index is 13.7. The van der Waals surface area contributed by atoms with E-state index in [1.165, 1.54) is 12.1 Å². The molecule has 1 aromatic carbocycles. The molecule has 7 nitrogen and oxygen atoms in total. The first kappa shape index (κ1) is 24.4. The van der Waals surface area contributed by atoms with Gasteiger partial charge in [0.1, 0.15) is 17.3 Å². The Kier molecular flexibility index (Phi) is 6.26. The van der Waals surface area contributed by atoms with Gasteiger partial charge in [-0.05, 0) is 61.4 Å². The van der Waals surface area contributed by atoms with E-state index in [1.807, 2.05) is 37.3 Å². The number of hydrogen-bond donors (Lipinski definition) is 2. The van der Waals surface area contributed by atoms with Crippen LogP contribution in [0, 0.1) is 17.2 Å². The number of nitrogens with one attached hydrogen (secondary N) is 2. The lowest BCUT2D eigenvalue weighted by Gasteiger charge is -2.41. The minimum absolute atomic E-state index is 0.0191. The van der Waals surface area contributed by atoms with Crippen molar-refractivity contribution in [3.63, 3.8) is 0 Å². The van der Waals surface area contributed by atoms with Gasteiger partial charge in [-0.15, -0.1) is 0 Å². The molecule has 1 amide bonds. The SMILES string of the molecule is CCNC(=O)c1[nH]nc2c1C(/C=C/c1ccc(-c3cccc(F)c3)cn1)C1C(=O)CC3(CCCC3)CC1=N2. The van der Waals surface area contributed by atoms with E-state index < -0.39 is 5.92 Å². The first-order valence-electron chi connectivity index (χ1n) is 13.3. The number of aliphatic imine (C=N–C) groups is 1. The summed E-state index contributed by atoms with van der Waals surface area (Å²) in [4.78, 5) is 36.0.